The molecule has 0 aliphatic carbocycles. The molecule has 1 aromatic carbocycles. The highest BCUT2D eigenvalue weighted by molar-refractivity contribution is 6.30. The van der Waals surface area contributed by atoms with Crippen molar-refractivity contribution < 1.29 is 14.7 Å². The van der Waals surface area contributed by atoms with Gasteiger partial charge in [0.2, 0.25) is 5.91 Å². The van der Waals surface area contributed by atoms with E-state index in [-0.39, 0.29) is 18.1 Å². The number of hydrogen-bond donors (Lipinski definition) is 2. The van der Waals surface area contributed by atoms with Crippen molar-refractivity contribution in [1.29, 1.82) is 0 Å². The van der Waals surface area contributed by atoms with E-state index in [1.54, 1.807) is 29.2 Å². The molecule has 128 valence electrons. The maximum absolute atomic E-state index is 12.0. The summed E-state index contributed by atoms with van der Waals surface area (Å²) in [4.78, 5) is 22.8. The fraction of sp³-hybridized carbons (Fsp3) is 0.125. The molecule has 0 aliphatic rings. The molecule has 8 nitrogen and oxygen atoms in total. The molecule has 2 aromatic heterocycles. The van der Waals surface area contributed by atoms with E-state index in [0.29, 0.717) is 17.3 Å². The minimum atomic E-state index is -1.14. The molecule has 0 spiro atoms. The molecule has 0 radical (unpaired) electrons. The van der Waals surface area contributed by atoms with E-state index in [9.17, 15) is 9.59 Å². The van der Waals surface area contributed by atoms with Crippen molar-refractivity contribution in [3.63, 3.8) is 0 Å². The molecule has 0 aliphatic heterocycles. The van der Waals surface area contributed by atoms with Crippen LogP contribution in [0.15, 0.2) is 48.9 Å². The number of hydrogen-bond acceptors (Lipinski definition) is 4. The van der Waals surface area contributed by atoms with Crippen molar-refractivity contribution in [3.8, 4) is 0 Å². The predicted octanol–water partition coefficient (Wildman–Crippen LogP) is 2.12. The van der Waals surface area contributed by atoms with Gasteiger partial charge < -0.3 is 10.4 Å². The minimum Gasteiger partial charge on any atom is -0.476 e. The molecule has 0 saturated heterocycles. The topological polar surface area (TPSA) is 102 Å². The van der Waals surface area contributed by atoms with Crippen LogP contribution < -0.4 is 5.32 Å². The summed E-state index contributed by atoms with van der Waals surface area (Å²) in [6, 6.07) is 8.75. The maximum Gasteiger partial charge on any atom is 0.356 e. The second-order valence-corrected chi connectivity index (χ2v) is 5.74. The van der Waals surface area contributed by atoms with Crippen LogP contribution in [0.3, 0.4) is 0 Å². The summed E-state index contributed by atoms with van der Waals surface area (Å²) in [5, 5.41) is 20.1. The number of benzene rings is 1. The number of anilines is 1. The Hall–Kier alpha value is -3.13. The molecule has 25 heavy (non-hydrogen) atoms. The zero-order chi connectivity index (χ0) is 17.8. The highest BCUT2D eigenvalue weighted by Gasteiger charge is 2.10. The third kappa shape index (κ3) is 4.45. The lowest BCUT2D eigenvalue weighted by atomic mass is 10.2. The van der Waals surface area contributed by atoms with Gasteiger partial charge in [0.15, 0.2) is 5.69 Å². The Morgan fingerprint density at radius 1 is 1.16 bits per heavy atom. The minimum absolute atomic E-state index is 0.0877. The third-order valence-corrected chi connectivity index (χ3v) is 3.59. The number of carbonyl (C=O) groups excluding carboxylic acids is 1. The van der Waals surface area contributed by atoms with Crippen LogP contribution in [0.2, 0.25) is 5.02 Å². The lowest BCUT2D eigenvalue weighted by Crippen LogP contribution is -2.19. The number of carboxylic acid groups (broad SMARTS) is 1. The van der Waals surface area contributed by atoms with Gasteiger partial charge in [-0.15, -0.1) is 0 Å². The van der Waals surface area contributed by atoms with Crippen LogP contribution in [0.25, 0.3) is 0 Å². The molecular weight excluding hydrogens is 346 g/mol. The van der Waals surface area contributed by atoms with E-state index in [4.69, 9.17) is 16.7 Å². The number of aromatic carboxylic acids is 1. The number of rotatable bonds is 6. The quantitative estimate of drug-likeness (QED) is 0.701. The number of nitrogens with zero attached hydrogens (tertiary/aromatic N) is 4. The van der Waals surface area contributed by atoms with Gasteiger partial charge in [-0.05, 0) is 23.8 Å². The van der Waals surface area contributed by atoms with Crippen LogP contribution >= 0.6 is 11.6 Å². The summed E-state index contributed by atoms with van der Waals surface area (Å²) in [5.74, 6) is -1.46. The highest BCUT2D eigenvalue weighted by Crippen LogP contribution is 2.12. The van der Waals surface area contributed by atoms with Gasteiger partial charge in [0.25, 0.3) is 0 Å². The van der Waals surface area contributed by atoms with Crippen LogP contribution in [0.5, 0.6) is 0 Å². The molecular formula is C16H14ClN5O3. The first-order valence-electron chi connectivity index (χ1n) is 7.33. The first-order chi connectivity index (χ1) is 12.0. The number of amides is 1. The van der Waals surface area contributed by atoms with Gasteiger partial charge >= 0.3 is 5.97 Å². The number of aromatic nitrogens is 4. The molecule has 1 amide bonds. The summed E-state index contributed by atoms with van der Waals surface area (Å²) >= 11 is 5.85. The van der Waals surface area contributed by atoms with Gasteiger partial charge in [-0.1, -0.05) is 23.7 Å². The number of carboxylic acids is 1. The van der Waals surface area contributed by atoms with Crippen LogP contribution in [-0.2, 0) is 17.9 Å². The highest BCUT2D eigenvalue weighted by atomic mass is 35.5. The molecule has 0 saturated carbocycles. The summed E-state index contributed by atoms with van der Waals surface area (Å²) in [6.45, 7) is 0.462. The zero-order valence-electron chi connectivity index (χ0n) is 13.0. The number of nitrogens with one attached hydrogen (secondary N) is 1. The van der Waals surface area contributed by atoms with Gasteiger partial charge in [0, 0.05) is 17.4 Å². The summed E-state index contributed by atoms with van der Waals surface area (Å²) in [6.07, 6.45) is 4.69. The second kappa shape index (κ2) is 7.18. The molecule has 0 atom stereocenters. The largest absolute Gasteiger partial charge is 0.476 e. The predicted molar refractivity (Wildman–Crippen MR) is 90.6 cm³/mol. The summed E-state index contributed by atoms with van der Waals surface area (Å²) in [5.41, 5.74) is 1.47. The van der Waals surface area contributed by atoms with Gasteiger partial charge in [-0.3, -0.25) is 14.2 Å². The Labute approximate surface area is 147 Å². The average Bonchev–Trinajstić information content (AvgIpc) is 3.19. The van der Waals surface area contributed by atoms with Crippen molar-refractivity contribution in [3.05, 3.63) is 65.2 Å². The first-order valence-corrected chi connectivity index (χ1v) is 7.71. The number of carbonyl (C=O) groups is 2. The molecule has 2 heterocycles. The van der Waals surface area contributed by atoms with Crippen molar-refractivity contribution >= 4 is 29.2 Å². The van der Waals surface area contributed by atoms with E-state index in [0.717, 1.165) is 5.56 Å². The van der Waals surface area contributed by atoms with E-state index in [1.165, 1.54) is 16.9 Å². The number of halogens is 1. The molecule has 0 unspecified atom stereocenters. The maximum atomic E-state index is 12.0. The Morgan fingerprint density at radius 2 is 1.92 bits per heavy atom. The fourth-order valence-corrected chi connectivity index (χ4v) is 2.33. The average molecular weight is 360 g/mol. The van der Waals surface area contributed by atoms with Gasteiger partial charge in [0.1, 0.15) is 6.54 Å². The van der Waals surface area contributed by atoms with Crippen molar-refractivity contribution in [2.45, 2.75) is 13.1 Å². The fourth-order valence-electron chi connectivity index (χ4n) is 2.20. The van der Waals surface area contributed by atoms with Crippen molar-refractivity contribution in [1.82, 2.24) is 19.6 Å². The monoisotopic (exact) mass is 359 g/mol. The smallest absolute Gasteiger partial charge is 0.356 e. The van der Waals surface area contributed by atoms with Crippen LogP contribution in [0.1, 0.15) is 16.1 Å². The molecule has 3 rings (SSSR count). The van der Waals surface area contributed by atoms with E-state index < -0.39 is 5.97 Å². The van der Waals surface area contributed by atoms with Gasteiger partial charge in [-0.2, -0.15) is 10.2 Å². The molecule has 3 aromatic rings. The normalized spacial score (nSPS) is 10.6. The van der Waals surface area contributed by atoms with Crippen LogP contribution in [-0.4, -0.2) is 36.5 Å². The Balaban J connectivity index is 1.57. The second-order valence-electron chi connectivity index (χ2n) is 5.30. The Morgan fingerprint density at radius 3 is 2.60 bits per heavy atom. The Bertz CT molecular complexity index is 901. The van der Waals surface area contributed by atoms with Crippen LogP contribution in [0.4, 0.5) is 5.69 Å². The van der Waals surface area contributed by atoms with E-state index in [2.05, 4.69) is 15.5 Å². The lowest BCUT2D eigenvalue weighted by Gasteiger charge is -2.03. The third-order valence-electron chi connectivity index (χ3n) is 3.34. The SMILES string of the molecule is O=C(Cn1ccc(C(=O)O)n1)Nc1cnn(Cc2ccc(Cl)cc2)c1. The van der Waals surface area contributed by atoms with E-state index in [1.807, 2.05) is 12.1 Å². The van der Waals surface area contributed by atoms with Crippen LogP contribution in [0, 0.1) is 0 Å². The molecule has 2 N–H and O–H groups in total. The van der Waals surface area contributed by atoms with Crippen molar-refractivity contribution in [2.24, 2.45) is 0 Å². The van der Waals surface area contributed by atoms with Crippen molar-refractivity contribution in [2.75, 3.05) is 5.32 Å². The van der Waals surface area contributed by atoms with Gasteiger partial charge in [-0.25, -0.2) is 4.79 Å². The zero-order valence-corrected chi connectivity index (χ0v) is 13.7. The molecule has 0 fully saturated rings. The van der Waals surface area contributed by atoms with E-state index >= 15 is 0 Å². The molecule has 0 bridgehead atoms. The summed E-state index contributed by atoms with van der Waals surface area (Å²) in [7, 11) is 0. The van der Waals surface area contributed by atoms with Gasteiger partial charge in [0.05, 0.1) is 18.4 Å². The lowest BCUT2D eigenvalue weighted by molar-refractivity contribution is -0.116. The standard InChI is InChI=1S/C16H14ClN5O3/c17-12-3-1-11(2-4-12)8-22-9-13(7-18-22)19-15(23)10-21-6-5-14(20-21)16(24)25/h1-7,9H,8,10H2,(H,19,23)(H,24,25). The Kier molecular flexibility index (Phi) is 4.80. The molecule has 9 heteroatoms. The first kappa shape index (κ1) is 16.7. The summed E-state index contributed by atoms with van der Waals surface area (Å²) < 4.78 is 2.95.